The number of hydrogen-bond acceptors (Lipinski definition) is 7. The number of carbonyl (C=O) groups excluding carboxylic acids is 1. The molecule has 39 heavy (non-hydrogen) atoms. The summed E-state index contributed by atoms with van der Waals surface area (Å²) in [5, 5.41) is 10.5. The molecule has 0 bridgehead atoms. The molecule has 1 fully saturated rings. The fourth-order valence-corrected chi connectivity index (χ4v) is 5.66. The summed E-state index contributed by atoms with van der Waals surface area (Å²) in [4.78, 5) is 39.0. The van der Waals surface area contributed by atoms with Crippen LogP contribution in [-0.2, 0) is 16.0 Å². The number of fused-ring (bicyclic) bond motifs is 1. The first-order valence-corrected chi connectivity index (χ1v) is 13.5. The molecule has 0 spiro atoms. The van der Waals surface area contributed by atoms with Crippen molar-refractivity contribution in [2.75, 3.05) is 31.3 Å². The second kappa shape index (κ2) is 12.3. The molecule has 9 nitrogen and oxygen atoms in total. The number of likely N-dealkylation sites (tertiary alicyclic amines) is 1. The predicted octanol–water partition coefficient (Wildman–Crippen LogP) is 4.14. The lowest BCUT2D eigenvalue weighted by atomic mass is 9.83. The summed E-state index contributed by atoms with van der Waals surface area (Å²) in [6.07, 6.45) is 8.14. The Bertz CT molecular complexity index is 1270. The van der Waals surface area contributed by atoms with E-state index in [4.69, 9.17) is 9.47 Å². The van der Waals surface area contributed by atoms with Crippen LogP contribution in [0.3, 0.4) is 0 Å². The highest BCUT2D eigenvalue weighted by Crippen LogP contribution is 2.43. The van der Waals surface area contributed by atoms with Gasteiger partial charge in [-0.15, -0.1) is 0 Å². The Morgan fingerprint density at radius 3 is 2.72 bits per heavy atom. The van der Waals surface area contributed by atoms with Crippen LogP contribution >= 0.6 is 0 Å². The number of carbonyl (C=O) groups is 2. The summed E-state index contributed by atoms with van der Waals surface area (Å²) >= 11 is 0. The van der Waals surface area contributed by atoms with Gasteiger partial charge in [0, 0.05) is 43.1 Å². The van der Waals surface area contributed by atoms with Crippen molar-refractivity contribution in [2.24, 2.45) is 5.92 Å². The van der Waals surface area contributed by atoms with Crippen molar-refractivity contribution in [1.82, 2.24) is 14.9 Å². The first kappa shape index (κ1) is 26.6. The van der Waals surface area contributed by atoms with E-state index in [0.29, 0.717) is 37.4 Å². The second-order valence-corrected chi connectivity index (χ2v) is 10.0. The van der Waals surface area contributed by atoms with E-state index in [1.165, 1.54) is 0 Å². The molecule has 0 radical (unpaired) electrons. The zero-order valence-electron chi connectivity index (χ0n) is 22.1. The van der Waals surface area contributed by atoms with Gasteiger partial charge in [-0.2, -0.15) is 0 Å². The van der Waals surface area contributed by atoms with Gasteiger partial charge in [-0.3, -0.25) is 24.5 Å². The van der Waals surface area contributed by atoms with Crippen LogP contribution in [0.15, 0.2) is 67.1 Å². The van der Waals surface area contributed by atoms with E-state index < -0.39 is 11.9 Å². The molecule has 1 saturated heterocycles. The number of hydrogen-bond donors (Lipinski definition) is 1. The molecule has 1 aromatic carbocycles. The van der Waals surface area contributed by atoms with Crippen molar-refractivity contribution < 1.29 is 24.2 Å². The lowest BCUT2D eigenvalue weighted by molar-refractivity contribution is -0.143. The van der Waals surface area contributed by atoms with Crippen LogP contribution in [0.1, 0.15) is 43.4 Å². The summed E-state index contributed by atoms with van der Waals surface area (Å²) in [6, 6.07) is 14.7. The number of nitrogens with zero attached hydrogens (tertiary/aromatic N) is 4. The summed E-state index contributed by atoms with van der Waals surface area (Å²) in [5.41, 5.74) is 2.53. The van der Waals surface area contributed by atoms with E-state index in [-0.39, 0.29) is 31.2 Å². The molecular weight excluding hydrogens is 496 g/mol. The first-order valence-electron chi connectivity index (χ1n) is 13.5. The molecule has 0 aliphatic carbocycles. The van der Waals surface area contributed by atoms with Gasteiger partial charge in [-0.05, 0) is 61.2 Å². The molecule has 204 valence electrons. The first-order chi connectivity index (χ1) is 19.0. The number of anilines is 1. The van der Waals surface area contributed by atoms with E-state index in [1.54, 1.807) is 23.5 Å². The Hall–Kier alpha value is -3.98. The van der Waals surface area contributed by atoms with Crippen molar-refractivity contribution in [1.29, 1.82) is 0 Å². The van der Waals surface area contributed by atoms with Gasteiger partial charge in [-0.25, -0.2) is 0 Å². The monoisotopic (exact) mass is 530 g/mol. The van der Waals surface area contributed by atoms with Gasteiger partial charge in [0.15, 0.2) is 11.5 Å². The van der Waals surface area contributed by atoms with Crippen LogP contribution in [0.2, 0.25) is 0 Å². The number of aliphatic carboxylic acids is 1. The topological polar surface area (TPSA) is 105 Å². The van der Waals surface area contributed by atoms with Crippen LogP contribution < -0.4 is 14.4 Å². The molecule has 5 rings (SSSR count). The van der Waals surface area contributed by atoms with Gasteiger partial charge >= 0.3 is 5.97 Å². The zero-order chi connectivity index (χ0) is 27.2. The highest BCUT2D eigenvalue weighted by atomic mass is 16.7. The maximum absolute atomic E-state index is 13.8. The lowest BCUT2D eigenvalue weighted by Gasteiger charge is -2.29. The number of ether oxygens (including phenoxy) is 2. The van der Waals surface area contributed by atoms with Gasteiger partial charge in [-0.1, -0.05) is 25.5 Å². The molecular formula is C30H34N4O5. The molecule has 0 saturated carbocycles. The fourth-order valence-electron chi connectivity index (χ4n) is 5.66. The van der Waals surface area contributed by atoms with Crippen LogP contribution in [0.5, 0.6) is 11.5 Å². The Morgan fingerprint density at radius 2 is 1.97 bits per heavy atom. The van der Waals surface area contributed by atoms with Crippen molar-refractivity contribution in [3.8, 4) is 11.5 Å². The second-order valence-electron chi connectivity index (χ2n) is 10.0. The third-order valence-electron chi connectivity index (χ3n) is 7.61. The van der Waals surface area contributed by atoms with E-state index in [0.717, 1.165) is 29.8 Å². The smallest absolute Gasteiger partial charge is 0.308 e. The summed E-state index contributed by atoms with van der Waals surface area (Å²) < 4.78 is 11.0. The highest BCUT2D eigenvalue weighted by Gasteiger charge is 2.47. The molecule has 2 aliphatic rings. The number of unbranched alkanes of at least 4 members (excludes halogenated alkanes) is 1. The number of carboxylic acid groups (broad SMARTS) is 1. The lowest BCUT2D eigenvalue weighted by Crippen LogP contribution is -2.44. The molecule has 1 amide bonds. The quantitative estimate of drug-likeness (QED) is 0.394. The number of carboxylic acids is 1. The molecule has 0 unspecified atom stereocenters. The van der Waals surface area contributed by atoms with Crippen LogP contribution in [0.4, 0.5) is 5.69 Å². The molecule has 3 atom stereocenters. The van der Waals surface area contributed by atoms with E-state index >= 15 is 0 Å². The number of benzene rings is 1. The Labute approximate surface area is 228 Å². The zero-order valence-corrected chi connectivity index (χ0v) is 22.1. The molecule has 9 heteroatoms. The van der Waals surface area contributed by atoms with E-state index in [1.807, 2.05) is 48.5 Å². The minimum absolute atomic E-state index is 0.0604. The SMILES string of the molecule is CCCCN(C(=O)CN1C[C@H](c2ccc3c(c2)OCO3)[C@@H](C(=O)O)[C@@H]1CCc1ccccn1)c1cccnc1. The normalized spacial score (nSPS) is 20.2. The summed E-state index contributed by atoms with van der Waals surface area (Å²) in [7, 11) is 0. The third-order valence-corrected chi connectivity index (χ3v) is 7.61. The van der Waals surface area contributed by atoms with Crippen LogP contribution in [0, 0.1) is 5.92 Å². The van der Waals surface area contributed by atoms with Crippen molar-refractivity contribution in [3.63, 3.8) is 0 Å². The van der Waals surface area contributed by atoms with E-state index in [9.17, 15) is 14.7 Å². The van der Waals surface area contributed by atoms with Crippen LogP contribution in [0.25, 0.3) is 0 Å². The highest BCUT2D eigenvalue weighted by molar-refractivity contribution is 5.94. The fraction of sp³-hybridized carbons (Fsp3) is 0.400. The van der Waals surface area contributed by atoms with E-state index in [2.05, 4.69) is 21.8 Å². The number of amides is 1. The van der Waals surface area contributed by atoms with Gasteiger partial charge in [0.2, 0.25) is 12.7 Å². The molecule has 1 N–H and O–H groups in total. The number of rotatable bonds is 11. The standard InChI is InChI=1S/C30H34N4O5/c1-2-3-15-34(23-8-6-13-31-17-23)28(35)19-33-18-24(21-9-12-26-27(16-21)39-20-38-26)29(30(36)37)25(33)11-10-22-7-4-5-14-32-22/h4-9,12-14,16-17,24-25,29H,2-3,10-11,15,18-20H2,1H3,(H,36,37)/t24-,25+,29-/m1/s1. The van der Waals surface area contributed by atoms with Gasteiger partial charge in [0.05, 0.1) is 24.3 Å². The van der Waals surface area contributed by atoms with Gasteiger partial charge in [0.1, 0.15) is 0 Å². The van der Waals surface area contributed by atoms with Crippen LogP contribution in [-0.4, -0.2) is 64.3 Å². The minimum atomic E-state index is -0.867. The maximum atomic E-state index is 13.8. The van der Waals surface area contributed by atoms with Gasteiger partial charge < -0.3 is 19.5 Å². The average molecular weight is 531 g/mol. The van der Waals surface area contributed by atoms with Crippen molar-refractivity contribution >= 4 is 17.6 Å². The number of aromatic nitrogens is 2. The molecule has 4 heterocycles. The average Bonchev–Trinajstić information content (AvgIpc) is 3.57. The van der Waals surface area contributed by atoms with Crippen molar-refractivity contribution in [2.45, 2.75) is 44.6 Å². The molecule has 2 aliphatic heterocycles. The number of pyridine rings is 2. The van der Waals surface area contributed by atoms with Crippen molar-refractivity contribution in [3.05, 3.63) is 78.4 Å². The van der Waals surface area contributed by atoms with Gasteiger partial charge in [0.25, 0.3) is 0 Å². The molecule has 3 aromatic rings. The number of aryl methyl sites for hydroxylation is 1. The third kappa shape index (κ3) is 6.04. The predicted molar refractivity (Wildman–Crippen MR) is 146 cm³/mol. The largest absolute Gasteiger partial charge is 0.481 e. The Morgan fingerprint density at radius 1 is 1.10 bits per heavy atom. The Balaban J connectivity index is 1.43. The maximum Gasteiger partial charge on any atom is 0.308 e. The summed E-state index contributed by atoms with van der Waals surface area (Å²) in [5.74, 6) is -0.641. The molecule has 2 aromatic heterocycles. The minimum Gasteiger partial charge on any atom is -0.481 e. The summed E-state index contributed by atoms with van der Waals surface area (Å²) in [6.45, 7) is 3.40. The Kier molecular flexibility index (Phi) is 8.36.